The molecule has 6 rings (SSSR count). The average molecular weight is 910 g/mol. The highest BCUT2D eigenvalue weighted by Crippen LogP contribution is 2.33. The van der Waals surface area contributed by atoms with Gasteiger partial charge < -0.3 is 48.9 Å². The number of aromatic nitrogens is 2. The molecule has 3 atom stereocenters. The zero-order valence-electron chi connectivity index (χ0n) is 36.5. The first-order chi connectivity index (χ1) is 30.2. The monoisotopic (exact) mass is 908 g/mol. The highest BCUT2D eigenvalue weighted by Gasteiger charge is 2.50. The van der Waals surface area contributed by atoms with Gasteiger partial charge in [-0.3, -0.25) is 14.5 Å². The third kappa shape index (κ3) is 12.5. The number of nitrogens with zero attached hydrogens (tertiary/aromatic N) is 4. The van der Waals surface area contributed by atoms with E-state index < -0.39 is 35.3 Å². The maximum atomic E-state index is 14.3. The summed E-state index contributed by atoms with van der Waals surface area (Å²) in [4.78, 5) is 48.0. The van der Waals surface area contributed by atoms with Crippen LogP contribution in [0.5, 0.6) is 11.5 Å². The first kappa shape index (κ1) is 47.7. The van der Waals surface area contributed by atoms with Gasteiger partial charge in [-0.05, 0) is 101 Å². The van der Waals surface area contributed by atoms with Crippen LogP contribution in [-0.2, 0) is 55.2 Å². The summed E-state index contributed by atoms with van der Waals surface area (Å²) >= 11 is 12.6. The van der Waals surface area contributed by atoms with Gasteiger partial charge in [0.25, 0.3) is 0 Å². The van der Waals surface area contributed by atoms with Crippen molar-refractivity contribution in [2.24, 2.45) is 7.05 Å². The van der Waals surface area contributed by atoms with E-state index in [0.29, 0.717) is 87.0 Å². The van der Waals surface area contributed by atoms with Crippen LogP contribution in [-0.4, -0.2) is 118 Å². The molecule has 2 aliphatic heterocycles. The van der Waals surface area contributed by atoms with Crippen molar-refractivity contribution in [2.45, 2.75) is 83.5 Å². The van der Waals surface area contributed by atoms with Gasteiger partial charge in [-0.2, -0.15) is 0 Å². The molecule has 2 fully saturated rings. The Morgan fingerprint density at radius 2 is 1.67 bits per heavy atom. The normalized spacial score (nSPS) is 18.9. The van der Waals surface area contributed by atoms with Crippen molar-refractivity contribution in [2.75, 3.05) is 52.7 Å². The molecule has 0 aliphatic carbocycles. The van der Waals surface area contributed by atoms with Crippen molar-refractivity contribution in [3.05, 3.63) is 99.9 Å². The van der Waals surface area contributed by atoms with Crippen LogP contribution in [0.3, 0.4) is 0 Å². The number of hydrogen-bond acceptors (Lipinski definition) is 10. The van der Waals surface area contributed by atoms with Gasteiger partial charge in [-0.25, -0.2) is 9.78 Å². The molecule has 15 nitrogen and oxygen atoms in total. The molecule has 2 saturated heterocycles. The third-order valence-electron chi connectivity index (χ3n) is 11.4. The van der Waals surface area contributed by atoms with E-state index in [4.69, 9.17) is 46.9 Å². The summed E-state index contributed by atoms with van der Waals surface area (Å²) in [7, 11) is 1.95. The van der Waals surface area contributed by atoms with Crippen molar-refractivity contribution < 1.29 is 43.2 Å². The summed E-state index contributed by atoms with van der Waals surface area (Å²) in [6.45, 7) is 10.9. The number of nitrogens with one attached hydrogen (secondary N) is 2. The Morgan fingerprint density at radius 1 is 0.968 bits per heavy atom. The number of carbonyl (C=O) groups excluding carboxylic acids is 2. The Labute approximate surface area is 378 Å². The van der Waals surface area contributed by atoms with Crippen molar-refractivity contribution in [3.63, 3.8) is 0 Å². The predicted molar refractivity (Wildman–Crippen MR) is 239 cm³/mol. The van der Waals surface area contributed by atoms with Crippen molar-refractivity contribution in [1.82, 2.24) is 30.0 Å². The van der Waals surface area contributed by atoms with Crippen molar-refractivity contribution in [3.8, 4) is 22.8 Å². The van der Waals surface area contributed by atoms with E-state index in [-0.39, 0.29) is 25.6 Å². The van der Waals surface area contributed by atoms with Crippen LogP contribution in [0.15, 0.2) is 72.9 Å². The van der Waals surface area contributed by atoms with Gasteiger partial charge >= 0.3 is 6.09 Å². The van der Waals surface area contributed by atoms with Crippen LogP contribution in [0.2, 0.25) is 10.0 Å². The maximum Gasteiger partial charge on any atom is 0.407 e. The molecule has 0 spiro atoms. The van der Waals surface area contributed by atoms with E-state index >= 15 is 0 Å². The lowest BCUT2D eigenvalue weighted by Gasteiger charge is -2.44. The number of rotatable bonds is 20. The molecular formula is C46H58Cl2N6O9. The Morgan fingerprint density at radius 3 is 2.38 bits per heavy atom. The second-order valence-corrected chi connectivity index (χ2v) is 17.2. The Hall–Kier alpha value is -4.74. The number of carbonyl (C=O) groups is 3. The maximum absolute atomic E-state index is 14.3. The predicted octanol–water partition coefficient (Wildman–Crippen LogP) is 7.07. The molecule has 1 aromatic heterocycles. The van der Waals surface area contributed by atoms with Crippen LogP contribution in [0.25, 0.3) is 11.3 Å². The van der Waals surface area contributed by atoms with Gasteiger partial charge in [0.15, 0.2) is 0 Å². The second kappa shape index (κ2) is 21.8. The number of imidazole rings is 1. The molecule has 17 heteroatoms. The van der Waals surface area contributed by atoms with Gasteiger partial charge in [-0.15, -0.1) is 0 Å². The molecular weight excluding hydrogens is 851 g/mol. The zero-order valence-corrected chi connectivity index (χ0v) is 38.0. The fraction of sp³-hybridized carbons (Fsp3) is 0.478. The number of amides is 3. The minimum Gasteiger partial charge on any atom is -0.465 e. The molecule has 0 radical (unpaired) electrons. The SMILES string of the molecule is CCOCCOCCOCc1ncc(-c2ccc(Oc3cc(Cl)ccc3CN[C@@H](C)C(=O)N3[C@H](C(=O)N[C@@]4(Cc5ccc(Cl)cc5)CCCN(C(=O)O)C4)COC3(C)C)cc2)n1C. The van der Waals surface area contributed by atoms with Crippen LogP contribution < -0.4 is 15.4 Å². The van der Waals surface area contributed by atoms with Gasteiger partial charge in [0.2, 0.25) is 11.8 Å². The first-order valence-corrected chi connectivity index (χ1v) is 22.0. The number of carboxylic acid groups (broad SMARTS) is 1. The zero-order chi connectivity index (χ0) is 45.1. The Balaban J connectivity index is 1.08. The Kier molecular flexibility index (Phi) is 16.5. The molecule has 63 heavy (non-hydrogen) atoms. The fourth-order valence-corrected chi connectivity index (χ4v) is 8.27. The van der Waals surface area contributed by atoms with Crippen LogP contribution in [0, 0.1) is 0 Å². The molecule has 0 bridgehead atoms. The van der Waals surface area contributed by atoms with E-state index in [2.05, 4.69) is 15.6 Å². The molecule has 2 aliphatic rings. The summed E-state index contributed by atoms with van der Waals surface area (Å²) in [5.74, 6) is 1.14. The molecule has 0 unspecified atom stereocenters. The van der Waals surface area contributed by atoms with E-state index in [1.807, 2.05) is 67.2 Å². The lowest BCUT2D eigenvalue weighted by atomic mass is 9.82. The fourth-order valence-electron chi connectivity index (χ4n) is 7.98. The quantitative estimate of drug-likeness (QED) is 0.0777. The minimum atomic E-state index is -1.09. The average Bonchev–Trinajstić information content (AvgIpc) is 3.79. The van der Waals surface area contributed by atoms with Gasteiger partial charge in [0, 0.05) is 54.5 Å². The highest BCUT2D eigenvalue weighted by atomic mass is 35.5. The van der Waals surface area contributed by atoms with Crippen molar-refractivity contribution in [1.29, 1.82) is 0 Å². The van der Waals surface area contributed by atoms with E-state index in [9.17, 15) is 19.5 Å². The van der Waals surface area contributed by atoms with Gasteiger partial charge in [-0.1, -0.05) is 41.4 Å². The lowest BCUT2D eigenvalue weighted by molar-refractivity contribution is -0.152. The van der Waals surface area contributed by atoms with E-state index in [1.165, 1.54) is 9.80 Å². The van der Waals surface area contributed by atoms with Crippen LogP contribution in [0.4, 0.5) is 4.79 Å². The van der Waals surface area contributed by atoms with E-state index in [1.54, 1.807) is 45.0 Å². The molecule has 3 heterocycles. The van der Waals surface area contributed by atoms with Crippen molar-refractivity contribution >= 4 is 41.1 Å². The second-order valence-electron chi connectivity index (χ2n) is 16.3. The number of likely N-dealkylation sites (tertiary alicyclic amines) is 1. The summed E-state index contributed by atoms with van der Waals surface area (Å²) in [5.41, 5.74) is 1.52. The minimum absolute atomic E-state index is 0.0208. The number of ether oxygens (including phenoxy) is 5. The molecule has 0 saturated carbocycles. The third-order valence-corrected chi connectivity index (χ3v) is 11.8. The van der Waals surface area contributed by atoms with Crippen LogP contribution in [0.1, 0.15) is 57.5 Å². The van der Waals surface area contributed by atoms with E-state index in [0.717, 1.165) is 28.2 Å². The topological polar surface area (TPSA) is 166 Å². The summed E-state index contributed by atoms with van der Waals surface area (Å²) in [6, 6.07) is 18.6. The van der Waals surface area contributed by atoms with Gasteiger partial charge in [0.1, 0.15) is 35.7 Å². The van der Waals surface area contributed by atoms with Crippen LogP contribution >= 0.6 is 23.2 Å². The first-order valence-electron chi connectivity index (χ1n) is 21.2. The number of piperidine rings is 1. The smallest absolute Gasteiger partial charge is 0.407 e. The number of halogens is 2. The molecule has 3 amide bonds. The number of benzene rings is 3. The lowest BCUT2D eigenvalue weighted by Crippen LogP contribution is -2.65. The number of hydrogen-bond donors (Lipinski definition) is 3. The summed E-state index contributed by atoms with van der Waals surface area (Å²) in [6.07, 6.45) is 2.26. The highest BCUT2D eigenvalue weighted by molar-refractivity contribution is 6.31. The van der Waals surface area contributed by atoms with Gasteiger partial charge in [0.05, 0.1) is 56.5 Å². The molecule has 3 aromatic carbocycles. The summed E-state index contributed by atoms with van der Waals surface area (Å²) in [5, 5.41) is 17.5. The molecule has 340 valence electrons. The summed E-state index contributed by atoms with van der Waals surface area (Å²) < 4.78 is 31.0. The molecule has 4 aromatic rings. The molecule has 3 N–H and O–H groups in total. The standard InChI is InChI=1S/C46H58Cl2N6O9/c1-6-59-20-21-60-22-23-61-29-41-50-27-38(52(41)5)33-11-16-37(17-12-33)63-40-24-36(48)15-10-34(40)26-49-31(2)43(56)54-39(28-62-45(54,3)4)42(55)51-46(18-7-19-53(30-46)44(57)58)25-32-8-13-35(47)14-9-32/h8-17,24,27,31,39,49H,6-7,18-23,25-26,28-30H2,1-5H3,(H,51,55)(H,57,58)/t31-,39-,46+/m0/s1. The Bertz CT molecular complexity index is 2170. The largest absolute Gasteiger partial charge is 0.465 e.